The van der Waals surface area contributed by atoms with Gasteiger partial charge in [0.05, 0.1) is 6.42 Å². The molecule has 0 spiro atoms. The molecule has 2 aromatic rings. The highest BCUT2D eigenvalue weighted by Crippen LogP contribution is 2.33. The summed E-state index contributed by atoms with van der Waals surface area (Å²) in [7, 11) is -4.19. The zero-order chi connectivity index (χ0) is 21.6. The average molecular weight is 460 g/mol. The molecule has 0 aliphatic carbocycles. The van der Waals surface area contributed by atoms with E-state index in [4.69, 9.17) is 27.7 Å². The first-order valence-electron chi connectivity index (χ1n) is 8.70. The fraction of sp³-hybridized carbons (Fsp3) is 0.389. The Morgan fingerprint density at radius 3 is 2.52 bits per heavy atom. The second-order valence-electron chi connectivity index (χ2n) is 7.07. The van der Waals surface area contributed by atoms with E-state index in [0.717, 1.165) is 0 Å². The molecule has 0 saturated carbocycles. The van der Waals surface area contributed by atoms with Gasteiger partial charge < -0.3 is 9.42 Å². The molecule has 1 atom stereocenters. The minimum Gasteiger partial charge on any atom is -0.360 e. The van der Waals surface area contributed by atoms with Crippen LogP contribution in [0.4, 0.5) is 0 Å². The van der Waals surface area contributed by atoms with Gasteiger partial charge in [-0.15, -0.1) is 0 Å². The van der Waals surface area contributed by atoms with Crippen molar-refractivity contribution in [2.24, 2.45) is 0 Å². The van der Waals surface area contributed by atoms with Crippen LogP contribution in [-0.4, -0.2) is 42.4 Å². The lowest BCUT2D eigenvalue weighted by Crippen LogP contribution is -2.68. The van der Waals surface area contributed by atoms with Crippen molar-refractivity contribution >= 4 is 45.0 Å². The summed E-state index contributed by atoms with van der Waals surface area (Å²) in [5.41, 5.74) is -0.576. The van der Waals surface area contributed by atoms with Crippen molar-refractivity contribution < 1.29 is 22.5 Å². The van der Waals surface area contributed by atoms with Gasteiger partial charge in [-0.05, 0) is 44.9 Å². The molecule has 1 fully saturated rings. The predicted molar refractivity (Wildman–Crippen MR) is 106 cm³/mol. The third kappa shape index (κ3) is 3.99. The number of likely N-dealkylation sites (tertiary alicyclic amines) is 1. The van der Waals surface area contributed by atoms with Gasteiger partial charge in [0.1, 0.15) is 11.2 Å². The van der Waals surface area contributed by atoms with Crippen LogP contribution in [0.1, 0.15) is 30.4 Å². The maximum Gasteiger partial charge on any atom is 0.269 e. The van der Waals surface area contributed by atoms with E-state index in [2.05, 4.69) is 5.16 Å². The van der Waals surface area contributed by atoms with Gasteiger partial charge in [-0.3, -0.25) is 9.59 Å². The molecule has 11 heteroatoms. The standard InChI is InChI=1S/C18H19Cl2N3O5S/c1-10-16(11(2)28-21-10)29(26,27)22-17(25)18(3)6-7-23(18)15(24)8-12-4-5-13(19)9-14(12)20/h4-5,9H,6-8H2,1-3H3,(H,22,25). The SMILES string of the molecule is Cc1noc(C)c1S(=O)(=O)NC(=O)C1(C)CCN1C(=O)Cc1ccc(Cl)cc1Cl. The smallest absolute Gasteiger partial charge is 0.269 e. The van der Waals surface area contributed by atoms with E-state index >= 15 is 0 Å². The summed E-state index contributed by atoms with van der Waals surface area (Å²) < 4.78 is 32.1. The summed E-state index contributed by atoms with van der Waals surface area (Å²) >= 11 is 12.0. The molecule has 29 heavy (non-hydrogen) atoms. The first-order valence-corrected chi connectivity index (χ1v) is 10.9. The van der Waals surface area contributed by atoms with Gasteiger partial charge in [-0.1, -0.05) is 34.4 Å². The lowest BCUT2D eigenvalue weighted by atomic mass is 9.85. The Hall–Kier alpha value is -2.10. The molecule has 1 N–H and O–H groups in total. The fourth-order valence-electron chi connectivity index (χ4n) is 3.26. The van der Waals surface area contributed by atoms with Crippen molar-refractivity contribution in [1.29, 1.82) is 0 Å². The molecular weight excluding hydrogens is 441 g/mol. The van der Waals surface area contributed by atoms with Crippen LogP contribution in [0.2, 0.25) is 10.0 Å². The van der Waals surface area contributed by atoms with Crippen LogP contribution in [-0.2, 0) is 26.0 Å². The van der Waals surface area contributed by atoms with Gasteiger partial charge in [0.15, 0.2) is 10.7 Å². The predicted octanol–water partition coefficient (Wildman–Crippen LogP) is 2.64. The highest BCUT2D eigenvalue weighted by Gasteiger charge is 2.50. The summed E-state index contributed by atoms with van der Waals surface area (Å²) in [5.74, 6) is -1.06. The summed E-state index contributed by atoms with van der Waals surface area (Å²) in [6, 6.07) is 4.79. The Kier molecular flexibility index (Phi) is 5.68. The normalized spacial score (nSPS) is 19.0. The molecule has 2 amide bonds. The maximum atomic E-state index is 12.8. The molecule has 0 radical (unpaired) electrons. The van der Waals surface area contributed by atoms with Crippen LogP contribution in [0, 0.1) is 13.8 Å². The number of nitrogens with one attached hydrogen (secondary N) is 1. The van der Waals surface area contributed by atoms with E-state index in [9.17, 15) is 18.0 Å². The summed E-state index contributed by atoms with van der Waals surface area (Å²) in [6.07, 6.45) is 0.297. The van der Waals surface area contributed by atoms with E-state index in [1.165, 1.54) is 31.7 Å². The van der Waals surface area contributed by atoms with Gasteiger partial charge in [-0.25, -0.2) is 13.1 Å². The van der Waals surface area contributed by atoms with Crippen molar-refractivity contribution in [3.63, 3.8) is 0 Å². The number of aromatic nitrogens is 1. The molecule has 1 aromatic heterocycles. The number of carbonyl (C=O) groups is 2. The zero-order valence-electron chi connectivity index (χ0n) is 16.0. The Balaban J connectivity index is 1.76. The Labute approximate surface area is 178 Å². The number of carbonyl (C=O) groups excluding carboxylic acids is 2. The number of aryl methyl sites for hydroxylation is 2. The molecule has 3 rings (SSSR count). The number of hydrogen-bond acceptors (Lipinski definition) is 6. The molecule has 156 valence electrons. The minimum atomic E-state index is -4.19. The van der Waals surface area contributed by atoms with E-state index < -0.39 is 21.5 Å². The van der Waals surface area contributed by atoms with Gasteiger partial charge in [0.2, 0.25) is 5.91 Å². The highest BCUT2D eigenvalue weighted by atomic mass is 35.5. The van der Waals surface area contributed by atoms with E-state index in [0.29, 0.717) is 28.6 Å². The van der Waals surface area contributed by atoms with E-state index in [-0.39, 0.29) is 28.7 Å². The largest absolute Gasteiger partial charge is 0.360 e. The Morgan fingerprint density at radius 2 is 2.00 bits per heavy atom. The Morgan fingerprint density at radius 1 is 1.31 bits per heavy atom. The van der Waals surface area contributed by atoms with Crippen molar-refractivity contribution in [3.8, 4) is 0 Å². The topological polar surface area (TPSA) is 110 Å². The molecular formula is C18H19Cl2N3O5S. The van der Waals surface area contributed by atoms with Crippen LogP contribution in [0.25, 0.3) is 0 Å². The second kappa shape index (κ2) is 7.62. The molecule has 0 bridgehead atoms. The first kappa shape index (κ1) is 21.6. The number of benzene rings is 1. The summed E-state index contributed by atoms with van der Waals surface area (Å²) in [5, 5.41) is 4.39. The average Bonchev–Trinajstić information content (AvgIpc) is 2.94. The number of amides is 2. The van der Waals surface area contributed by atoms with Gasteiger partial charge in [0.25, 0.3) is 15.9 Å². The van der Waals surface area contributed by atoms with Gasteiger partial charge >= 0.3 is 0 Å². The lowest BCUT2D eigenvalue weighted by Gasteiger charge is -2.49. The zero-order valence-corrected chi connectivity index (χ0v) is 18.3. The van der Waals surface area contributed by atoms with Gasteiger partial charge in [-0.2, -0.15) is 0 Å². The molecule has 2 heterocycles. The summed E-state index contributed by atoms with van der Waals surface area (Å²) in [4.78, 5) is 26.7. The minimum absolute atomic E-state index is 0.0323. The Bertz CT molecular complexity index is 1080. The van der Waals surface area contributed by atoms with Crippen LogP contribution < -0.4 is 4.72 Å². The van der Waals surface area contributed by atoms with Crippen LogP contribution in [0.15, 0.2) is 27.6 Å². The number of rotatable bonds is 5. The van der Waals surface area contributed by atoms with Crippen LogP contribution in [0.3, 0.4) is 0 Å². The van der Waals surface area contributed by atoms with Gasteiger partial charge in [0, 0.05) is 16.6 Å². The number of nitrogens with zero attached hydrogens (tertiary/aromatic N) is 2. The number of hydrogen-bond donors (Lipinski definition) is 1. The number of sulfonamides is 1. The number of halogens is 2. The monoisotopic (exact) mass is 459 g/mol. The first-order chi connectivity index (χ1) is 13.5. The molecule has 1 aromatic carbocycles. The molecule has 1 unspecified atom stereocenters. The van der Waals surface area contributed by atoms with Crippen LogP contribution >= 0.6 is 23.2 Å². The quantitative estimate of drug-likeness (QED) is 0.735. The fourth-order valence-corrected chi connectivity index (χ4v) is 5.14. The molecule has 1 aliphatic rings. The highest BCUT2D eigenvalue weighted by molar-refractivity contribution is 7.90. The van der Waals surface area contributed by atoms with E-state index in [1.54, 1.807) is 12.1 Å². The summed E-state index contributed by atoms with van der Waals surface area (Å²) in [6.45, 7) is 4.76. The molecule has 1 aliphatic heterocycles. The molecule has 8 nitrogen and oxygen atoms in total. The van der Waals surface area contributed by atoms with E-state index in [1.807, 2.05) is 4.72 Å². The van der Waals surface area contributed by atoms with Crippen molar-refractivity contribution in [3.05, 3.63) is 45.3 Å². The van der Waals surface area contributed by atoms with Crippen molar-refractivity contribution in [2.45, 2.75) is 44.0 Å². The molecule has 1 saturated heterocycles. The third-order valence-electron chi connectivity index (χ3n) is 5.03. The second-order valence-corrected chi connectivity index (χ2v) is 9.53. The third-order valence-corrected chi connectivity index (χ3v) is 7.19. The van der Waals surface area contributed by atoms with Crippen molar-refractivity contribution in [1.82, 2.24) is 14.8 Å². The van der Waals surface area contributed by atoms with Crippen LogP contribution in [0.5, 0.6) is 0 Å². The maximum absolute atomic E-state index is 12.8. The lowest BCUT2D eigenvalue weighted by molar-refractivity contribution is -0.156. The van der Waals surface area contributed by atoms with Crippen molar-refractivity contribution in [2.75, 3.05) is 6.54 Å².